The number of anilines is 2. The minimum atomic E-state index is 0.403. The highest BCUT2D eigenvalue weighted by Crippen LogP contribution is 2.11. The van der Waals surface area contributed by atoms with Gasteiger partial charge in [-0.1, -0.05) is 0 Å². The van der Waals surface area contributed by atoms with Crippen LogP contribution in [0.1, 0.15) is 11.4 Å². The third-order valence-corrected chi connectivity index (χ3v) is 2.66. The minimum absolute atomic E-state index is 0.403. The molecule has 2 aromatic rings. The summed E-state index contributed by atoms with van der Waals surface area (Å²) in [5.74, 6) is 7.50. The molecule has 7 nitrogen and oxygen atoms in total. The van der Waals surface area contributed by atoms with E-state index in [4.69, 9.17) is 5.84 Å². The summed E-state index contributed by atoms with van der Waals surface area (Å²) in [6.07, 6.45) is 6.28. The summed E-state index contributed by atoms with van der Waals surface area (Å²) in [7, 11) is 1.98. The predicted molar refractivity (Wildman–Crippen MR) is 70.0 cm³/mol. The van der Waals surface area contributed by atoms with Gasteiger partial charge in [-0.2, -0.15) is 4.98 Å². The average molecular weight is 247 g/mol. The van der Waals surface area contributed by atoms with Gasteiger partial charge >= 0.3 is 0 Å². The third-order valence-electron chi connectivity index (χ3n) is 2.66. The van der Waals surface area contributed by atoms with E-state index in [0.717, 1.165) is 30.2 Å². The molecule has 0 amide bonds. The second kappa shape index (κ2) is 5.46. The molecule has 0 bridgehead atoms. The van der Waals surface area contributed by atoms with Crippen molar-refractivity contribution in [2.45, 2.75) is 13.3 Å². The summed E-state index contributed by atoms with van der Waals surface area (Å²) in [6.45, 7) is 2.70. The van der Waals surface area contributed by atoms with Gasteiger partial charge in [0.25, 0.3) is 0 Å². The lowest BCUT2D eigenvalue weighted by atomic mass is 10.3. The lowest BCUT2D eigenvalue weighted by molar-refractivity contribution is 0.788. The van der Waals surface area contributed by atoms with Crippen LogP contribution in [0.3, 0.4) is 0 Å². The van der Waals surface area contributed by atoms with Gasteiger partial charge in [-0.3, -0.25) is 5.43 Å². The van der Waals surface area contributed by atoms with Crippen molar-refractivity contribution in [1.82, 2.24) is 19.5 Å². The van der Waals surface area contributed by atoms with Crippen LogP contribution >= 0.6 is 0 Å². The Morgan fingerprint density at radius 1 is 1.39 bits per heavy atom. The summed E-state index contributed by atoms with van der Waals surface area (Å²) >= 11 is 0. The van der Waals surface area contributed by atoms with Crippen LogP contribution in [0.25, 0.3) is 0 Å². The van der Waals surface area contributed by atoms with Gasteiger partial charge in [0.15, 0.2) is 0 Å². The number of hydrogen-bond acceptors (Lipinski definition) is 6. The Morgan fingerprint density at radius 2 is 2.22 bits per heavy atom. The Bertz CT molecular complexity index is 520. The highest BCUT2D eigenvalue weighted by atomic mass is 15.3. The van der Waals surface area contributed by atoms with Crippen LogP contribution in [0.5, 0.6) is 0 Å². The first-order chi connectivity index (χ1) is 8.70. The molecule has 7 heteroatoms. The summed E-state index contributed by atoms with van der Waals surface area (Å²) in [6, 6.07) is 0. The molecule has 0 saturated carbocycles. The molecule has 0 aliphatic carbocycles. The SMILES string of the molecule is Cc1cnc(NN)nc1NCCc1nccn1C. The standard InChI is InChI=1S/C11H17N7/c1-8-7-15-11(17-12)16-10(8)14-4-3-9-13-5-6-18(9)2/h5-7H,3-4,12H2,1-2H3,(H2,14,15,16,17). The summed E-state index contributed by atoms with van der Waals surface area (Å²) in [4.78, 5) is 12.5. The van der Waals surface area contributed by atoms with Gasteiger partial charge in [0.1, 0.15) is 11.6 Å². The maximum atomic E-state index is 5.28. The van der Waals surface area contributed by atoms with Crippen molar-refractivity contribution in [1.29, 1.82) is 0 Å². The molecule has 2 heterocycles. The van der Waals surface area contributed by atoms with Gasteiger partial charge in [0.05, 0.1) is 0 Å². The number of imidazole rings is 1. The van der Waals surface area contributed by atoms with Gasteiger partial charge in [0.2, 0.25) is 5.95 Å². The van der Waals surface area contributed by atoms with E-state index in [0.29, 0.717) is 5.95 Å². The van der Waals surface area contributed by atoms with Gasteiger partial charge in [-0.25, -0.2) is 15.8 Å². The molecular formula is C11H17N7. The maximum Gasteiger partial charge on any atom is 0.239 e. The van der Waals surface area contributed by atoms with E-state index in [1.54, 1.807) is 12.4 Å². The van der Waals surface area contributed by atoms with Crippen molar-refractivity contribution in [3.05, 3.63) is 30.0 Å². The van der Waals surface area contributed by atoms with Crippen LogP contribution in [0.2, 0.25) is 0 Å². The third kappa shape index (κ3) is 2.75. The lowest BCUT2D eigenvalue weighted by Crippen LogP contribution is -2.14. The molecule has 18 heavy (non-hydrogen) atoms. The molecule has 0 fully saturated rings. The number of rotatable bonds is 5. The summed E-state index contributed by atoms with van der Waals surface area (Å²) in [5, 5.41) is 3.25. The topological polar surface area (TPSA) is 93.7 Å². The fourth-order valence-electron chi connectivity index (χ4n) is 1.62. The molecule has 2 aromatic heterocycles. The molecule has 0 unspecified atom stereocenters. The zero-order valence-electron chi connectivity index (χ0n) is 10.5. The second-order valence-electron chi connectivity index (χ2n) is 4.00. The number of aromatic nitrogens is 4. The molecule has 0 aromatic carbocycles. The molecule has 0 radical (unpaired) electrons. The van der Waals surface area contributed by atoms with Crippen molar-refractivity contribution in [3.8, 4) is 0 Å². The van der Waals surface area contributed by atoms with E-state index in [1.165, 1.54) is 0 Å². The number of nitrogens with one attached hydrogen (secondary N) is 2. The van der Waals surface area contributed by atoms with Crippen LogP contribution in [0.15, 0.2) is 18.6 Å². The van der Waals surface area contributed by atoms with Crippen molar-refractivity contribution in [2.24, 2.45) is 12.9 Å². The average Bonchev–Trinajstić information content (AvgIpc) is 2.77. The predicted octanol–water partition coefficient (Wildman–Crippen LogP) is 0.459. The molecule has 2 rings (SSSR count). The largest absolute Gasteiger partial charge is 0.369 e. The Hall–Kier alpha value is -2.15. The molecule has 0 saturated heterocycles. The van der Waals surface area contributed by atoms with Crippen LogP contribution < -0.4 is 16.6 Å². The first-order valence-corrected chi connectivity index (χ1v) is 5.71. The molecule has 96 valence electrons. The van der Waals surface area contributed by atoms with Crippen LogP contribution in [0, 0.1) is 6.92 Å². The number of hydrazine groups is 1. The maximum absolute atomic E-state index is 5.28. The summed E-state index contributed by atoms with van der Waals surface area (Å²) < 4.78 is 2.00. The fourth-order valence-corrected chi connectivity index (χ4v) is 1.62. The Labute approximate surface area is 105 Å². The Kier molecular flexibility index (Phi) is 3.73. The molecule has 0 atom stereocenters. The molecule has 0 spiro atoms. The molecule has 4 N–H and O–H groups in total. The highest BCUT2D eigenvalue weighted by Gasteiger charge is 2.03. The molecule has 0 aliphatic heterocycles. The van der Waals surface area contributed by atoms with E-state index in [2.05, 4.69) is 25.7 Å². The van der Waals surface area contributed by atoms with Gasteiger partial charge < -0.3 is 9.88 Å². The smallest absolute Gasteiger partial charge is 0.239 e. The van der Waals surface area contributed by atoms with Crippen LogP contribution in [0.4, 0.5) is 11.8 Å². The normalized spacial score (nSPS) is 10.4. The van der Waals surface area contributed by atoms with Crippen molar-refractivity contribution >= 4 is 11.8 Å². The molecular weight excluding hydrogens is 230 g/mol. The van der Waals surface area contributed by atoms with Crippen LogP contribution in [-0.4, -0.2) is 26.1 Å². The Balaban J connectivity index is 1.96. The van der Waals surface area contributed by atoms with E-state index in [9.17, 15) is 0 Å². The van der Waals surface area contributed by atoms with Gasteiger partial charge in [0, 0.05) is 44.2 Å². The van der Waals surface area contributed by atoms with Gasteiger partial charge in [-0.15, -0.1) is 0 Å². The number of hydrogen-bond donors (Lipinski definition) is 3. The minimum Gasteiger partial charge on any atom is -0.369 e. The number of nitrogens with two attached hydrogens (primary N) is 1. The number of aryl methyl sites for hydroxylation is 2. The number of nitrogens with zero attached hydrogens (tertiary/aromatic N) is 4. The second-order valence-corrected chi connectivity index (χ2v) is 4.00. The van der Waals surface area contributed by atoms with Gasteiger partial charge in [-0.05, 0) is 6.92 Å². The first-order valence-electron chi connectivity index (χ1n) is 5.71. The first kappa shape index (κ1) is 12.3. The van der Waals surface area contributed by atoms with E-state index in [1.807, 2.05) is 24.7 Å². The monoisotopic (exact) mass is 247 g/mol. The van der Waals surface area contributed by atoms with E-state index < -0.39 is 0 Å². The summed E-state index contributed by atoms with van der Waals surface area (Å²) in [5.41, 5.74) is 3.41. The van der Waals surface area contributed by atoms with Crippen molar-refractivity contribution < 1.29 is 0 Å². The number of nitrogen functional groups attached to an aromatic ring is 1. The van der Waals surface area contributed by atoms with Crippen molar-refractivity contribution in [3.63, 3.8) is 0 Å². The lowest BCUT2D eigenvalue weighted by Gasteiger charge is -2.09. The fraction of sp³-hybridized carbons (Fsp3) is 0.364. The van der Waals surface area contributed by atoms with E-state index >= 15 is 0 Å². The zero-order valence-corrected chi connectivity index (χ0v) is 10.5. The Morgan fingerprint density at radius 3 is 2.89 bits per heavy atom. The quantitative estimate of drug-likeness (QED) is 0.525. The zero-order chi connectivity index (χ0) is 13.0. The molecule has 0 aliphatic rings. The van der Waals surface area contributed by atoms with Crippen molar-refractivity contribution in [2.75, 3.05) is 17.3 Å². The van der Waals surface area contributed by atoms with E-state index in [-0.39, 0.29) is 0 Å². The highest BCUT2D eigenvalue weighted by molar-refractivity contribution is 5.45. The van der Waals surface area contributed by atoms with Crippen LogP contribution in [-0.2, 0) is 13.5 Å².